The number of hydrogen-bond acceptors (Lipinski definition) is 4. The topological polar surface area (TPSA) is 86.8 Å². The van der Waals surface area contributed by atoms with Gasteiger partial charge in [-0.05, 0) is 74.7 Å². The van der Waals surface area contributed by atoms with Gasteiger partial charge in [-0.15, -0.1) is 0 Å². The van der Waals surface area contributed by atoms with Crippen LogP contribution in [0.5, 0.6) is 0 Å². The number of anilines is 1. The van der Waals surface area contributed by atoms with E-state index in [4.69, 9.17) is 23.2 Å². The van der Waals surface area contributed by atoms with Crippen molar-refractivity contribution in [2.24, 2.45) is 0 Å². The molecule has 218 valence electrons. The molecule has 0 spiro atoms. The number of sulfonamides is 1. The Morgan fingerprint density at radius 2 is 1.61 bits per heavy atom. The van der Waals surface area contributed by atoms with Crippen molar-refractivity contribution in [3.8, 4) is 0 Å². The fourth-order valence-electron chi connectivity index (χ4n) is 5.05. The van der Waals surface area contributed by atoms with Crippen molar-refractivity contribution in [2.45, 2.75) is 69.5 Å². The predicted octanol–water partition coefficient (Wildman–Crippen LogP) is 6.36. The van der Waals surface area contributed by atoms with Crippen LogP contribution < -0.4 is 9.62 Å². The van der Waals surface area contributed by atoms with E-state index in [1.165, 1.54) is 35.2 Å². The first-order valence-electron chi connectivity index (χ1n) is 13.7. The Bertz CT molecular complexity index is 1470. The second kappa shape index (κ2) is 13.7. The zero-order chi connectivity index (χ0) is 29.6. The molecule has 1 aliphatic carbocycles. The fourth-order valence-corrected chi connectivity index (χ4v) is 6.77. The molecule has 4 rings (SSSR count). The van der Waals surface area contributed by atoms with Gasteiger partial charge in [-0.25, -0.2) is 8.42 Å². The van der Waals surface area contributed by atoms with E-state index in [9.17, 15) is 18.0 Å². The van der Waals surface area contributed by atoms with Gasteiger partial charge >= 0.3 is 0 Å². The van der Waals surface area contributed by atoms with Gasteiger partial charge in [0.05, 0.1) is 10.6 Å². The maximum absolute atomic E-state index is 14.1. The Kier molecular flexibility index (Phi) is 10.3. The van der Waals surface area contributed by atoms with E-state index in [1.807, 2.05) is 31.2 Å². The quantitative estimate of drug-likeness (QED) is 0.287. The summed E-state index contributed by atoms with van der Waals surface area (Å²) in [6.07, 6.45) is 5.09. The van der Waals surface area contributed by atoms with Gasteiger partial charge in [0.1, 0.15) is 12.6 Å². The van der Waals surface area contributed by atoms with E-state index in [2.05, 4.69) is 5.32 Å². The minimum Gasteiger partial charge on any atom is -0.352 e. The van der Waals surface area contributed by atoms with Crippen LogP contribution in [0.25, 0.3) is 0 Å². The second-order valence-electron chi connectivity index (χ2n) is 10.5. The molecule has 1 fully saturated rings. The zero-order valence-electron chi connectivity index (χ0n) is 23.2. The van der Waals surface area contributed by atoms with Crippen molar-refractivity contribution in [3.05, 3.63) is 94.0 Å². The third kappa shape index (κ3) is 8.03. The van der Waals surface area contributed by atoms with E-state index in [0.29, 0.717) is 10.0 Å². The Labute approximate surface area is 252 Å². The summed E-state index contributed by atoms with van der Waals surface area (Å²) in [5.74, 6) is -0.775. The first kappa shape index (κ1) is 30.9. The maximum Gasteiger partial charge on any atom is 0.264 e. The number of amides is 2. The number of aryl methyl sites for hydroxylation is 1. The summed E-state index contributed by atoms with van der Waals surface area (Å²) in [5.41, 5.74) is 2.08. The third-order valence-electron chi connectivity index (χ3n) is 7.33. The van der Waals surface area contributed by atoms with Gasteiger partial charge in [0.2, 0.25) is 11.8 Å². The maximum atomic E-state index is 14.1. The molecule has 1 aliphatic rings. The molecule has 41 heavy (non-hydrogen) atoms. The predicted molar refractivity (Wildman–Crippen MR) is 164 cm³/mol. The molecule has 0 bridgehead atoms. The Balaban J connectivity index is 1.68. The molecule has 10 heteroatoms. The molecule has 1 atom stereocenters. The molecular weight excluding hydrogens is 581 g/mol. The lowest BCUT2D eigenvalue weighted by Crippen LogP contribution is -2.53. The minimum absolute atomic E-state index is 0.0250. The summed E-state index contributed by atoms with van der Waals surface area (Å²) in [4.78, 5) is 28.9. The molecule has 0 unspecified atom stereocenters. The molecule has 0 aromatic heterocycles. The van der Waals surface area contributed by atoms with Crippen molar-refractivity contribution in [1.29, 1.82) is 0 Å². The Morgan fingerprint density at radius 1 is 0.927 bits per heavy atom. The molecule has 1 N–H and O–H groups in total. The lowest BCUT2D eigenvalue weighted by atomic mass is 9.95. The van der Waals surface area contributed by atoms with Crippen LogP contribution in [-0.4, -0.2) is 43.8 Å². The standard InChI is InChI=1S/C31H35Cl2N3O4S/c1-22-8-6-9-24(18-22)20-35(23(2)31(38)34-27-11-4-3-5-12-27)30(37)21-36(28-13-7-10-26(33)19-28)41(39,40)29-16-14-25(32)15-17-29/h6-10,13-19,23,27H,3-5,11-12,20-21H2,1-2H3,(H,34,38)/t23-/m0/s1. The second-order valence-corrected chi connectivity index (χ2v) is 13.2. The summed E-state index contributed by atoms with van der Waals surface area (Å²) in [7, 11) is -4.20. The van der Waals surface area contributed by atoms with Crippen molar-refractivity contribution in [3.63, 3.8) is 0 Å². The highest BCUT2D eigenvalue weighted by Gasteiger charge is 2.33. The summed E-state index contributed by atoms with van der Waals surface area (Å²) < 4.78 is 28.8. The number of carbonyl (C=O) groups is 2. The van der Waals surface area contributed by atoms with Crippen molar-refractivity contribution >= 4 is 50.7 Å². The van der Waals surface area contributed by atoms with Crippen LogP contribution in [0, 0.1) is 6.92 Å². The number of rotatable bonds is 10. The lowest BCUT2D eigenvalue weighted by molar-refractivity contribution is -0.139. The first-order valence-corrected chi connectivity index (χ1v) is 15.9. The van der Waals surface area contributed by atoms with Gasteiger partial charge in [0.15, 0.2) is 0 Å². The van der Waals surface area contributed by atoms with E-state index in [1.54, 1.807) is 25.1 Å². The average molecular weight is 617 g/mol. The van der Waals surface area contributed by atoms with E-state index >= 15 is 0 Å². The number of nitrogens with zero attached hydrogens (tertiary/aromatic N) is 2. The number of halogens is 2. The Hall–Kier alpha value is -3.07. The molecule has 2 amide bonds. The smallest absolute Gasteiger partial charge is 0.264 e. The van der Waals surface area contributed by atoms with Gasteiger partial charge < -0.3 is 10.2 Å². The van der Waals surface area contributed by atoms with Crippen LogP contribution in [0.15, 0.2) is 77.7 Å². The Morgan fingerprint density at radius 3 is 2.27 bits per heavy atom. The molecule has 0 radical (unpaired) electrons. The normalized spacial score (nSPS) is 14.7. The molecule has 1 saturated carbocycles. The molecule has 0 aliphatic heterocycles. The van der Waals surface area contributed by atoms with Gasteiger partial charge in [-0.1, -0.05) is 78.4 Å². The summed E-state index contributed by atoms with van der Waals surface area (Å²) >= 11 is 12.2. The summed E-state index contributed by atoms with van der Waals surface area (Å²) in [6, 6.07) is 19.0. The van der Waals surface area contributed by atoms with Gasteiger partial charge in [0.25, 0.3) is 10.0 Å². The van der Waals surface area contributed by atoms with Gasteiger partial charge in [-0.2, -0.15) is 0 Å². The van der Waals surface area contributed by atoms with E-state index in [0.717, 1.165) is 47.5 Å². The minimum atomic E-state index is -4.20. The number of nitrogens with one attached hydrogen (secondary N) is 1. The number of hydrogen-bond donors (Lipinski definition) is 1. The molecule has 7 nitrogen and oxygen atoms in total. The molecule has 0 heterocycles. The average Bonchev–Trinajstić information content (AvgIpc) is 2.95. The SMILES string of the molecule is Cc1cccc(CN(C(=O)CN(c2cccc(Cl)c2)S(=O)(=O)c2ccc(Cl)cc2)[C@@H](C)C(=O)NC2CCCCC2)c1. The molecule has 0 saturated heterocycles. The largest absolute Gasteiger partial charge is 0.352 e. The number of carbonyl (C=O) groups excluding carboxylic acids is 2. The third-order valence-corrected chi connectivity index (χ3v) is 9.61. The molecule has 3 aromatic rings. The van der Waals surface area contributed by atoms with Gasteiger partial charge in [-0.3, -0.25) is 13.9 Å². The zero-order valence-corrected chi connectivity index (χ0v) is 25.6. The highest BCUT2D eigenvalue weighted by atomic mass is 35.5. The van der Waals surface area contributed by atoms with Crippen LogP contribution in [0.3, 0.4) is 0 Å². The lowest BCUT2D eigenvalue weighted by Gasteiger charge is -2.33. The van der Waals surface area contributed by atoms with Crippen molar-refractivity contribution < 1.29 is 18.0 Å². The monoisotopic (exact) mass is 615 g/mol. The van der Waals surface area contributed by atoms with Crippen LogP contribution >= 0.6 is 23.2 Å². The van der Waals surface area contributed by atoms with Crippen LogP contribution in [0.1, 0.15) is 50.2 Å². The van der Waals surface area contributed by atoms with Crippen LogP contribution in [0.2, 0.25) is 10.0 Å². The molecule has 3 aromatic carbocycles. The summed E-state index contributed by atoms with van der Waals surface area (Å²) in [5, 5.41) is 3.82. The van der Waals surface area contributed by atoms with E-state index in [-0.39, 0.29) is 29.1 Å². The highest BCUT2D eigenvalue weighted by Crippen LogP contribution is 2.28. The van der Waals surface area contributed by atoms with Gasteiger partial charge in [0, 0.05) is 22.6 Å². The molecular formula is C31H35Cl2N3O4S. The highest BCUT2D eigenvalue weighted by molar-refractivity contribution is 7.92. The van der Waals surface area contributed by atoms with E-state index < -0.39 is 28.5 Å². The fraction of sp³-hybridized carbons (Fsp3) is 0.355. The van der Waals surface area contributed by atoms with Crippen molar-refractivity contribution in [2.75, 3.05) is 10.8 Å². The van der Waals surface area contributed by atoms with Crippen molar-refractivity contribution in [1.82, 2.24) is 10.2 Å². The van der Waals surface area contributed by atoms with Crippen LogP contribution in [0.4, 0.5) is 5.69 Å². The first-order chi connectivity index (χ1) is 19.5. The summed E-state index contributed by atoms with van der Waals surface area (Å²) in [6.45, 7) is 3.25. The number of benzene rings is 3. The van der Waals surface area contributed by atoms with Crippen LogP contribution in [-0.2, 0) is 26.2 Å².